The predicted octanol–water partition coefficient (Wildman–Crippen LogP) is 3.32. The zero-order valence-corrected chi connectivity index (χ0v) is 7.39. The number of aryl methyl sites for hydroxylation is 2. The molecule has 1 aliphatic rings. The Balaban J connectivity index is 0.000000167. The van der Waals surface area contributed by atoms with Crippen molar-refractivity contribution in [2.45, 2.75) is 39.5 Å². The van der Waals surface area contributed by atoms with Crippen LogP contribution in [-0.2, 0) is 6.42 Å². The Morgan fingerprint density at radius 3 is 2.09 bits per heavy atom. The van der Waals surface area contributed by atoms with E-state index >= 15 is 0 Å². The molecule has 2 rings (SSSR count). The van der Waals surface area contributed by atoms with Gasteiger partial charge < -0.3 is 4.42 Å². The molecular formula is C10H16O. The predicted molar refractivity (Wildman–Crippen MR) is 46.7 cm³/mol. The standard InChI is InChI=1S/C7H10O.C3H6/c1-3-7-5-4-6(2)8-7;1-2-3-1/h4-5H,3H2,1-2H3;1-3H2. The second-order valence-electron chi connectivity index (χ2n) is 2.93. The van der Waals surface area contributed by atoms with Crippen LogP contribution >= 0.6 is 0 Å². The van der Waals surface area contributed by atoms with Gasteiger partial charge in [-0.1, -0.05) is 26.2 Å². The van der Waals surface area contributed by atoms with Gasteiger partial charge in [0.15, 0.2) is 0 Å². The number of furan rings is 1. The van der Waals surface area contributed by atoms with E-state index in [4.69, 9.17) is 4.42 Å². The molecule has 1 heterocycles. The second-order valence-corrected chi connectivity index (χ2v) is 2.93. The smallest absolute Gasteiger partial charge is 0.103 e. The van der Waals surface area contributed by atoms with E-state index < -0.39 is 0 Å². The SMILES string of the molecule is C1CC1.CCc1ccc(C)o1. The average Bonchev–Trinajstić information content (AvgIpc) is 2.82. The highest BCUT2D eigenvalue weighted by atomic mass is 16.3. The molecule has 0 aliphatic heterocycles. The van der Waals surface area contributed by atoms with E-state index in [0.29, 0.717) is 0 Å². The van der Waals surface area contributed by atoms with Crippen molar-refractivity contribution in [3.8, 4) is 0 Å². The van der Waals surface area contributed by atoms with Crippen LogP contribution in [0.4, 0.5) is 0 Å². The van der Waals surface area contributed by atoms with E-state index in [2.05, 4.69) is 6.92 Å². The monoisotopic (exact) mass is 152 g/mol. The summed E-state index contributed by atoms with van der Waals surface area (Å²) < 4.78 is 5.23. The third-order valence-corrected chi connectivity index (χ3v) is 1.50. The van der Waals surface area contributed by atoms with Gasteiger partial charge in [-0.25, -0.2) is 0 Å². The molecule has 0 aromatic carbocycles. The minimum Gasteiger partial charge on any atom is -0.466 e. The van der Waals surface area contributed by atoms with Crippen LogP contribution in [0.1, 0.15) is 37.7 Å². The molecule has 1 fully saturated rings. The maximum absolute atomic E-state index is 5.23. The summed E-state index contributed by atoms with van der Waals surface area (Å²) in [5, 5.41) is 0. The van der Waals surface area contributed by atoms with Crippen molar-refractivity contribution in [2.75, 3.05) is 0 Å². The zero-order valence-electron chi connectivity index (χ0n) is 7.39. The van der Waals surface area contributed by atoms with Gasteiger partial charge >= 0.3 is 0 Å². The van der Waals surface area contributed by atoms with E-state index in [1.165, 1.54) is 19.3 Å². The van der Waals surface area contributed by atoms with Crippen LogP contribution in [0, 0.1) is 6.92 Å². The van der Waals surface area contributed by atoms with Crippen molar-refractivity contribution >= 4 is 0 Å². The summed E-state index contributed by atoms with van der Waals surface area (Å²) >= 11 is 0. The highest BCUT2D eigenvalue weighted by Crippen LogP contribution is 2.14. The molecule has 0 amide bonds. The lowest BCUT2D eigenvalue weighted by Gasteiger charge is -1.83. The third-order valence-electron chi connectivity index (χ3n) is 1.50. The third kappa shape index (κ3) is 3.87. The fraction of sp³-hybridized carbons (Fsp3) is 0.600. The normalized spacial score (nSPS) is 13.6. The Morgan fingerprint density at radius 1 is 1.27 bits per heavy atom. The molecule has 0 unspecified atom stereocenters. The molecule has 0 N–H and O–H groups in total. The maximum atomic E-state index is 5.23. The highest BCUT2D eigenvalue weighted by Gasteiger charge is 1.95. The van der Waals surface area contributed by atoms with Gasteiger partial charge in [-0.3, -0.25) is 0 Å². The van der Waals surface area contributed by atoms with Crippen LogP contribution in [-0.4, -0.2) is 0 Å². The van der Waals surface area contributed by atoms with E-state index in [-0.39, 0.29) is 0 Å². The number of rotatable bonds is 1. The largest absolute Gasteiger partial charge is 0.466 e. The summed E-state index contributed by atoms with van der Waals surface area (Å²) in [7, 11) is 0. The van der Waals surface area contributed by atoms with E-state index in [1.54, 1.807) is 0 Å². The van der Waals surface area contributed by atoms with Crippen molar-refractivity contribution in [2.24, 2.45) is 0 Å². The fourth-order valence-corrected chi connectivity index (χ4v) is 0.675. The molecule has 1 aliphatic carbocycles. The van der Waals surface area contributed by atoms with Crippen LogP contribution < -0.4 is 0 Å². The van der Waals surface area contributed by atoms with E-state index in [1.807, 2.05) is 19.1 Å². The van der Waals surface area contributed by atoms with Gasteiger partial charge in [-0.15, -0.1) is 0 Å². The molecule has 0 saturated heterocycles. The van der Waals surface area contributed by atoms with Crippen molar-refractivity contribution < 1.29 is 4.42 Å². The Hall–Kier alpha value is -0.720. The number of hydrogen-bond donors (Lipinski definition) is 0. The summed E-state index contributed by atoms with van der Waals surface area (Å²) in [5.74, 6) is 2.07. The molecule has 0 atom stereocenters. The molecule has 1 aromatic heterocycles. The summed E-state index contributed by atoms with van der Waals surface area (Å²) in [4.78, 5) is 0. The Morgan fingerprint density at radius 2 is 1.91 bits per heavy atom. The van der Waals surface area contributed by atoms with Crippen molar-refractivity contribution in [1.82, 2.24) is 0 Å². The molecule has 0 bridgehead atoms. The van der Waals surface area contributed by atoms with Gasteiger partial charge in [0.05, 0.1) is 0 Å². The molecule has 62 valence electrons. The van der Waals surface area contributed by atoms with Crippen LogP contribution in [0.5, 0.6) is 0 Å². The summed E-state index contributed by atoms with van der Waals surface area (Å²) in [6, 6.07) is 3.99. The quantitative estimate of drug-likeness (QED) is 0.601. The van der Waals surface area contributed by atoms with Crippen molar-refractivity contribution in [3.05, 3.63) is 23.7 Å². The van der Waals surface area contributed by atoms with Crippen LogP contribution in [0.25, 0.3) is 0 Å². The molecule has 0 radical (unpaired) electrons. The first-order chi connectivity index (χ1) is 5.33. The van der Waals surface area contributed by atoms with Crippen molar-refractivity contribution in [1.29, 1.82) is 0 Å². The zero-order chi connectivity index (χ0) is 8.10. The Bertz CT molecular complexity index is 196. The maximum Gasteiger partial charge on any atom is 0.103 e. The molecular weight excluding hydrogens is 136 g/mol. The van der Waals surface area contributed by atoms with Gasteiger partial charge in [-0.2, -0.15) is 0 Å². The molecule has 1 saturated carbocycles. The fourth-order valence-electron chi connectivity index (χ4n) is 0.675. The first-order valence-electron chi connectivity index (χ1n) is 4.38. The summed E-state index contributed by atoms with van der Waals surface area (Å²) in [5.41, 5.74) is 0. The minimum atomic E-state index is 0.994. The first-order valence-corrected chi connectivity index (χ1v) is 4.38. The van der Waals surface area contributed by atoms with Gasteiger partial charge in [0.1, 0.15) is 11.5 Å². The molecule has 1 heteroatoms. The van der Waals surface area contributed by atoms with Crippen molar-refractivity contribution in [3.63, 3.8) is 0 Å². The Kier molecular flexibility index (Phi) is 3.21. The van der Waals surface area contributed by atoms with Crippen LogP contribution in [0.3, 0.4) is 0 Å². The topological polar surface area (TPSA) is 13.1 Å². The lowest BCUT2D eigenvalue weighted by atomic mass is 10.4. The van der Waals surface area contributed by atoms with Gasteiger partial charge in [0.2, 0.25) is 0 Å². The van der Waals surface area contributed by atoms with Gasteiger partial charge in [0.25, 0.3) is 0 Å². The number of hydrogen-bond acceptors (Lipinski definition) is 1. The van der Waals surface area contributed by atoms with E-state index in [9.17, 15) is 0 Å². The highest BCUT2D eigenvalue weighted by molar-refractivity contribution is 5.04. The van der Waals surface area contributed by atoms with Crippen LogP contribution in [0.2, 0.25) is 0 Å². The summed E-state index contributed by atoms with van der Waals surface area (Å²) in [6.07, 6.45) is 5.49. The lowest BCUT2D eigenvalue weighted by molar-refractivity contribution is 0.489. The Labute approximate surface area is 68.4 Å². The first kappa shape index (κ1) is 8.38. The lowest BCUT2D eigenvalue weighted by Crippen LogP contribution is -1.67. The van der Waals surface area contributed by atoms with Gasteiger partial charge in [0, 0.05) is 6.42 Å². The second kappa shape index (κ2) is 4.22. The van der Waals surface area contributed by atoms with Crippen LogP contribution in [0.15, 0.2) is 16.5 Å². The average molecular weight is 152 g/mol. The van der Waals surface area contributed by atoms with E-state index in [0.717, 1.165) is 17.9 Å². The molecule has 11 heavy (non-hydrogen) atoms. The minimum absolute atomic E-state index is 0.994. The summed E-state index contributed by atoms with van der Waals surface area (Å²) in [6.45, 7) is 4.04. The molecule has 0 spiro atoms. The van der Waals surface area contributed by atoms with Gasteiger partial charge in [-0.05, 0) is 19.1 Å². The molecule has 1 nitrogen and oxygen atoms in total. The molecule has 1 aromatic rings.